The Kier molecular flexibility index (Phi) is 8.67. The van der Waals surface area contributed by atoms with Crippen molar-refractivity contribution in [2.45, 2.75) is 19.3 Å². The van der Waals surface area contributed by atoms with Gasteiger partial charge in [0.05, 0.1) is 19.8 Å². The molecule has 2 rings (SSSR count). The Hall–Kier alpha value is -2.36. The number of nitriles is 1. The molecule has 140 valence electrons. The van der Waals surface area contributed by atoms with Crippen LogP contribution >= 0.6 is 0 Å². The largest absolute Gasteiger partial charge is 0.394 e. The van der Waals surface area contributed by atoms with Gasteiger partial charge in [0, 0.05) is 25.8 Å². The van der Waals surface area contributed by atoms with Crippen LogP contribution in [-0.4, -0.2) is 55.4 Å². The predicted octanol–water partition coefficient (Wildman–Crippen LogP) is 1.47. The lowest BCUT2D eigenvalue weighted by atomic mass is 9.90. The first-order valence-electron chi connectivity index (χ1n) is 9.10. The van der Waals surface area contributed by atoms with E-state index in [2.05, 4.69) is 29.6 Å². The number of carbonyl (C=O) groups excluding carboxylic acids is 1. The van der Waals surface area contributed by atoms with E-state index in [4.69, 9.17) is 9.84 Å². The van der Waals surface area contributed by atoms with E-state index in [0.29, 0.717) is 32.2 Å². The van der Waals surface area contributed by atoms with E-state index in [1.54, 1.807) is 4.90 Å². The van der Waals surface area contributed by atoms with E-state index in [9.17, 15) is 10.1 Å². The summed E-state index contributed by atoms with van der Waals surface area (Å²) in [6.07, 6.45) is 4.42. The summed E-state index contributed by atoms with van der Waals surface area (Å²) in [6.45, 7) is 2.54. The van der Waals surface area contributed by atoms with Crippen LogP contribution in [0.5, 0.6) is 0 Å². The molecular formula is C20H27N3O3. The molecule has 1 aliphatic rings. The summed E-state index contributed by atoms with van der Waals surface area (Å²) >= 11 is 0. The number of amides is 1. The Morgan fingerprint density at radius 3 is 2.69 bits per heavy atom. The summed E-state index contributed by atoms with van der Waals surface area (Å²) in [6, 6.07) is 12.4. The monoisotopic (exact) mass is 357 g/mol. The van der Waals surface area contributed by atoms with E-state index in [1.165, 1.54) is 11.8 Å². The van der Waals surface area contributed by atoms with E-state index in [1.807, 2.05) is 12.1 Å². The molecule has 26 heavy (non-hydrogen) atoms. The first-order valence-corrected chi connectivity index (χ1v) is 9.10. The van der Waals surface area contributed by atoms with Gasteiger partial charge in [0.25, 0.3) is 5.91 Å². The number of likely N-dealkylation sites (tertiary alicyclic amines) is 1. The van der Waals surface area contributed by atoms with Crippen LogP contribution < -0.4 is 5.32 Å². The highest BCUT2D eigenvalue weighted by molar-refractivity contribution is 5.97. The van der Waals surface area contributed by atoms with Gasteiger partial charge < -0.3 is 20.1 Å². The Morgan fingerprint density at radius 1 is 1.31 bits per heavy atom. The van der Waals surface area contributed by atoms with Crippen LogP contribution in [0.25, 0.3) is 0 Å². The summed E-state index contributed by atoms with van der Waals surface area (Å²) in [5, 5.41) is 20.8. The van der Waals surface area contributed by atoms with Crippen molar-refractivity contribution in [1.82, 2.24) is 10.2 Å². The van der Waals surface area contributed by atoms with Crippen LogP contribution in [0.3, 0.4) is 0 Å². The number of rotatable bonds is 9. The minimum Gasteiger partial charge on any atom is -0.394 e. The predicted molar refractivity (Wildman–Crippen MR) is 99.1 cm³/mol. The molecule has 1 aromatic rings. The fraction of sp³-hybridized carbons (Fsp3) is 0.500. The average molecular weight is 357 g/mol. The Labute approximate surface area is 155 Å². The second kappa shape index (κ2) is 11.3. The van der Waals surface area contributed by atoms with Gasteiger partial charge >= 0.3 is 0 Å². The van der Waals surface area contributed by atoms with Gasteiger partial charge in [-0.2, -0.15) is 5.26 Å². The summed E-state index contributed by atoms with van der Waals surface area (Å²) in [5.74, 6) is 0.368. The van der Waals surface area contributed by atoms with E-state index in [-0.39, 0.29) is 24.7 Å². The zero-order valence-electron chi connectivity index (χ0n) is 15.1. The quantitative estimate of drug-likeness (QED) is 0.397. The Morgan fingerprint density at radius 2 is 2.04 bits per heavy atom. The number of hydrogen-bond donors (Lipinski definition) is 2. The first-order chi connectivity index (χ1) is 12.7. The number of aliphatic hydroxyl groups excluding tert-OH is 1. The topological polar surface area (TPSA) is 85.6 Å². The lowest BCUT2D eigenvalue weighted by molar-refractivity contribution is -0.128. The number of nitrogens with zero attached hydrogens (tertiary/aromatic N) is 2. The molecular weight excluding hydrogens is 330 g/mol. The van der Waals surface area contributed by atoms with Crippen molar-refractivity contribution in [1.29, 1.82) is 5.26 Å². The van der Waals surface area contributed by atoms with E-state index >= 15 is 0 Å². The van der Waals surface area contributed by atoms with Gasteiger partial charge in [-0.1, -0.05) is 30.3 Å². The molecule has 6 nitrogen and oxygen atoms in total. The number of piperidine rings is 1. The third kappa shape index (κ3) is 6.51. The van der Waals surface area contributed by atoms with Crippen LogP contribution in [0.2, 0.25) is 0 Å². The molecule has 0 saturated carbocycles. The van der Waals surface area contributed by atoms with Crippen molar-refractivity contribution in [2.24, 2.45) is 5.92 Å². The van der Waals surface area contributed by atoms with Crippen molar-refractivity contribution < 1.29 is 14.6 Å². The van der Waals surface area contributed by atoms with Gasteiger partial charge in [-0.15, -0.1) is 0 Å². The maximum absolute atomic E-state index is 12.5. The normalized spacial score (nSPS) is 15.5. The highest BCUT2D eigenvalue weighted by atomic mass is 16.5. The van der Waals surface area contributed by atoms with Crippen molar-refractivity contribution in [3.63, 3.8) is 0 Å². The number of ether oxygens (including phenoxy) is 1. The van der Waals surface area contributed by atoms with Crippen LogP contribution in [0.4, 0.5) is 0 Å². The Balaban J connectivity index is 1.76. The van der Waals surface area contributed by atoms with Crippen molar-refractivity contribution in [3.05, 3.63) is 47.7 Å². The zero-order chi connectivity index (χ0) is 18.6. The van der Waals surface area contributed by atoms with E-state index < -0.39 is 0 Å². The van der Waals surface area contributed by atoms with Crippen LogP contribution in [0, 0.1) is 17.2 Å². The fourth-order valence-corrected chi connectivity index (χ4v) is 3.07. The summed E-state index contributed by atoms with van der Waals surface area (Å²) < 4.78 is 5.12. The molecule has 1 amide bonds. The van der Waals surface area contributed by atoms with Gasteiger partial charge in [-0.05, 0) is 30.7 Å². The Bertz CT molecular complexity index is 617. The maximum Gasteiger partial charge on any atom is 0.265 e. The fourth-order valence-electron chi connectivity index (χ4n) is 3.07. The van der Waals surface area contributed by atoms with Crippen LogP contribution in [-0.2, 0) is 16.0 Å². The molecule has 0 aromatic heterocycles. The van der Waals surface area contributed by atoms with E-state index in [0.717, 1.165) is 19.3 Å². The molecule has 0 atom stereocenters. The molecule has 1 fully saturated rings. The lowest BCUT2D eigenvalue weighted by Gasteiger charge is -2.32. The average Bonchev–Trinajstić information content (AvgIpc) is 2.68. The first kappa shape index (κ1) is 20.0. The van der Waals surface area contributed by atoms with Crippen LogP contribution in [0.1, 0.15) is 18.4 Å². The third-order valence-electron chi connectivity index (χ3n) is 4.49. The zero-order valence-corrected chi connectivity index (χ0v) is 15.1. The number of hydrogen-bond acceptors (Lipinski definition) is 5. The molecule has 0 aliphatic carbocycles. The van der Waals surface area contributed by atoms with Crippen molar-refractivity contribution in [3.8, 4) is 6.07 Å². The van der Waals surface area contributed by atoms with Gasteiger partial charge in [0.15, 0.2) is 0 Å². The molecule has 0 bridgehead atoms. The molecule has 0 radical (unpaired) electrons. The summed E-state index contributed by atoms with van der Waals surface area (Å²) in [7, 11) is 0. The third-order valence-corrected chi connectivity index (χ3v) is 4.49. The van der Waals surface area contributed by atoms with Crippen molar-refractivity contribution >= 4 is 5.91 Å². The van der Waals surface area contributed by atoms with Gasteiger partial charge in [-0.25, -0.2) is 0 Å². The lowest BCUT2D eigenvalue weighted by Crippen LogP contribution is -2.39. The molecule has 0 unspecified atom stereocenters. The standard InChI is InChI=1S/C20H27N3O3/c21-15-19(16-22-8-12-26-13-11-24)20(25)23-9-6-18(7-10-23)14-17-4-2-1-3-5-17/h1-5,16,18,22,24H,6-14H2/b19-16-. The molecule has 1 aromatic carbocycles. The van der Waals surface area contributed by atoms with Crippen LogP contribution in [0.15, 0.2) is 42.1 Å². The molecule has 1 heterocycles. The maximum atomic E-state index is 12.5. The highest BCUT2D eigenvalue weighted by Gasteiger charge is 2.25. The molecule has 2 N–H and O–H groups in total. The molecule has 1 aliphatic heterocycles. The van der Waals surface area contributed by atoms with Gasteiger partial charge in [0.1, 0.15) is 11.6 Å². The molecule has 6 heteroatoms. The van der Waals surface area contributed by atoms with Gasteiger partial charge in [0.2, 0.25) is 0 Å². The minimum atomic E-state index is -0.213. The number of benzene rings is 1. The summed E-state index contributed by atoms with van der Waals surface area (Å²) in [4.78, 5) is 14.3. The highest BCUT2D eigenvalue weighted by Crippen LogP contribution is 2.22. The summed E-state index contributed by atoms with van der Waals surface area (Å²) in [5.41, 5.74) is 1.45. The minimum absolute atomic E-state index is 0.0159. The van der Waals surface area contributed by atoms with Gasteiger partial charge in [-0.3, -0.25) is 4.79 Å². The number of carbonyl (C=O) groups is 1. The molecule has 0 spiro atoms. The second-order valence-electron chi connectivity index (χ2n) is 6.39. The smallest absolute Gasteiger partial charge is 0.265 e. The number of aliphatic hydroxyl groups is 1. The SMILES string of the molecule is N#C/C(=C/NCCOCCO)C(=O)N1CCC(Cc2ccccc2)CC1. The second-order valence-corrected chi connectivity index (χ2v) is 6.39. The van der Waals surface area contributed by atoms with Crippen molar-refractivity contribution in [2.75, 3.05) is 39.5 Å². The number of nitrogens with one attached hydrogen (secondary N) is 1. The molecule has 1 saturated heterocycles.